The predicted molar refractivity (Wildman–Crippen MR) is 156 cm³/mol. The van der Waals surface area contributed by atoms with Crippen LogP contribution in [0.3, 0.4) is 0 Å². The Bertz CT molecular complexity index is 1240. The average molecular weight is 604 g/mol. The van der Waals surface area contributed by atoms with Crippen LogP contribution in [0.2, 0.25) is 5.02 Å². The van der Waals surface area contributed by atoms with Crippen molar-refractivity contribution in [1.29, 1.82) is 0 Å². The molecule has 4 atom stereocenters. The Morgan fingerprint density at radius 2 is 1.31 bits per heavy atom. The van der Waals surface area contributed by atoms with Gasteiger partial charge in [0.2, 0.25) is 17.7 Å². The molecular weight excluding hydrogens is 566 g/mol. The number of hydrogen-bond donors (Lipinski definition) is 6. The topological polar surface area (TPSA) is 203 Å². The number of aromatic hydroxyl groups is 1. The normalized spacial score (nSPS) is 13.8. The molecule has 0 spiro atoms. The molecule has 2 aromatic rings. The summed E-state index contributed by atoms with van der Waals surface area (Å²) in [5.74, 6) is -3.89. The van der Waals surface area contributed by atoms with Gasteiger partial charge in [-0.15, -0.1) is 0 Å². The Morgan fingerprint density at radius 1 is 0.810 bits per heavy atom. The molecule has 0 bridgehead atoms. The highest BCUT2D eigenvalue weighted by molar-refractivity contribution is 6.30. The molecule has 0 saturated carbocycles. The Kier molecular flexibility index (Phi) is 13.4. The number of halogens is 1. The summed E-state index contributed by atoms with van der Waals surface area (Å²) in [6.45, 7) is 4.41. The van der Waals surface area contributed by atoms with Gasteiger partial charge < -0.3 is 37.3 Å². The van der Waals surface area contributed by atoms with Crippen LogP contribution in [0.1, 0.15) is 38.3 Å². The first-order chi connectivity index (χ1) is 19.7. The van der Waals surface area contributed by atoms with Crippen molar-refractivity contribution < 1.29 is 33.8 Å². The fourth-order valence-electron chi connectivity index (χ4n) is 3.83. The van der Waals surface area contributed by atoms with E-state index in [0.29, 0.717) is 5.02 Å². The number of nitrogens with two attached hydrogens (primary N) is 2. The SMILES string of the molecule is CC(C)C[C@@H](NC(=O)[C@@H](N)Cc1ccc(Cl)cc1)C(=O)OC(=O)CNC(=O)[C@@H](C)NC(=O)[C@@H](N)Cc1ccc(O)cc1. The van der Waals surface area contributed by atoms with Crippen LogP contribution in [-0.4, -0.2) is 65.5 Å². The van der Waals surface area contributed by atoms with E-state index < -0.39 is 60.4 Å². The van der Waals surface area contributed by atoms with Crippen LogP contribution in [0.5, 0.6) is 5.75 Å². The lowest BCUT2D eigenvalue weighted by molar-refractivity contribution is -0.162. The summed E-state index contributed by atoms with van der Waals surface area (Å²) >= 11 is 5.88. The van der Waals surface area contributed by atoms with Gasteiger partial charge in [-0.1, -0.05) is 49.7 Å². The Morgan fingerprint density at radius 3 is 1.83 bits per heavy atom. The van der Waals surface area contributed by atoms with Crippen LogP contribution in [0, 0.1) is 5.92 Å². The van der Waals surface area contributed by atoms with Crippen molar-refractivity contribution in [2.75, 3.05) is 6.54 Å². The minimum absolute atomic E-state index is 0.0324. The third-order valence-electron chi connectivity index (χ3n) is 6.12. The molecule has 0 heterocycles. The second-order valence-electron chi connectivity index (χ2n) is 10.3. The molecule has 0 radical (unpaired) electrons. The second kappa shape index (κ2) is 16.4. The molecule has 0 saturated heterocycles. The number of phenolic OH excluding ortho intramolecular Hbond substituents is 1. The molecule has 228 valence electrons. The summed E-state index contributed by atoms with van der Waals surface area (Å²) < 4.78 is 4.86. The third-order valence-corrected chi connectivity index (χ3v) is 6.37. The summed E-state index contributed by atoms with van der Waals surface area (Å²) in [5, 5.41) is 17.2. The largest absolute Gasteiger partial charge is 0.508 e. The number of carbonyl (C=O) groups excluding carboxylic acids is 5. The zero-order valence-electron chi connectivity index (χ0n) is 23.8. The van der Waals surface area contributed by atoms with Gasteiger partial charge in [-0.25, -0.2) is 9.59 Å². The standard InChI is InChI=1S/C29H38ClN5O7/c1-16(2)12-24(35-28(40)23(32)13-18-4-8-20(30)9-5-18)29(41)42-25(37)15-33-26(38)17(3)34-27(39)22(31)14-19-6-10-21(36)11-7-19/h4-11,16-17,22-24,36H,12-15,31-32H2,1-3H3,(H,33,38)(H,34,39)(H,35,40)/t17-,22+,23+,24-/m1/s1. The van der Waals surface area contributed by atoms with E-state index in [2.05, 4.69) is 16.0 Å². The van der Waals surface area contributed by atoms with E-state index >= 15 is 0 Å². The number of hydrogen-bond acceptors (Lipinski definition) is 9. The molecule has 2 aromatic carbocycles. The molecule has 0 aliphatic rings. The maximum absolute atomic E-state index is 12.7. The van der Waals surface area contributed by atoms with Gasteiger partial charge in [0.25, 0.3) is 0 Å². The number of phenols is 1. The van der Waals surface area contributed by atoms with E-state index in [1.807, 2.05) is 13.8 Å². The van der Waals surface area contributed by atoms with Gasteiger partial charge in [-0.2, -0.15) is 0 Å². The summed E-state index contributed by atoms with van der Waals surface area (Å²) in [4.78, 5) is 62.4. The lowest BCUT2D eigenvalue weighted by Gasteiger charge is -2.21. The van der Waals surface area contributed by atoms with Gasteiger partial charge in [-0.3, -0.25) is 14.4 Å². The zero-order chi connectivity index (χ0) is 31.4. The molecule has 0 aliphatic carbocycles. The Balaban J connectivity index is 1.83. The number of benzene rings is 2. The quantitative estimate of drug-likeness (QED) is 0.133. The Hall–Kier alpha value is -4.00. The highest BCUT2D eigenvalue weighted by Gasteiger charge is 2.28. The summed E-state index contributed by atoms with van der Waals surface area (Å²) in [6.07, 6.45) is 0.564. The number of amides is 3. The van der Waals surface area contributed by atoms with Crippen LogP contribution in [0.15, 0.2) is 48.5 Å². The minimum atomic E-state index is -1.14. The van der Waals surface area contributed by atoms with Gasteiger partial charge in [0, 0.05) is 5.02 Å². The summed E-state index contributed by atoms with van der Waals surface area (Å²) in [7, 11) is 0. The smallest absolute Gasteiger partial charge is 0.336 e. The molecule has 0 unspecified atom stereocenters. The monoisotopic (exact) mass is 603 g/mol. The first kappa shape index (κ1) is 34.2. The predicted octanol–water partition coefficient (Wildman–Crippen LogP) is 0.707. The molecule has 2 rings (SSSR count). The van der Waals surface area contributed by atoms with Gasteiger partial charge in [-0.05, 0) is 67.5 Å². The van der Waals surface area contributed by atoms with E-state index in [0.717, 1.165) is 11.1 Å². The maximum atomic E-state index is 12.7. The van der Waals surface area contributed by atoms with Gasteiger partial charge >= 0.3 is 11.9 Å². The van der Waals surface area contributed by atoms with Crippen molar-refractivity contribution in [2.45, 2.75) is 64.2 Å². The molecule has 0 aromatic heterocycles. The molecule has 0 aliphatic heterocycles. The Labute approximate surface area is 249 Å². The van der Waals surface area contributed by atoms with E-state index in [-0.39, 0.29) is 30.9 Å². The van der Waals surface area contributed by atoms with Crippen molar-refractivity contribution in [2.24, 2.45) is 17.4 Å². The van der Waals surface area contributed by atoms with Crippen LogP contribution in [0.25, 0.3) is 0 Å². The lowest BCUT2D eigenvalue weighted by Crippen LogP contribution is -2.52. The summed E-state index contributed by atoms with van der Waals surface area (Å²) in [5.41, 5.74) is 13.4. The number of rotatable bonds is 14. The molecular formula is C29H38ClN5O7. The summed E-state index contributed by atoms with van der Waals surface area (Å²) in [6, 6.07) is 8.91. The maximum Gasteiger partial charge on any atom is 0.336 e. The van der Waals surface area contributed by atoms with Gasteiger partial charge in [0.15, 0.2) is 0 Å². The van der Waals surface area contributed by atoms with E-state index in [9.17, 15) is 29.1 Å². The first-order valence-corrected chi connectivity index (χ1v) is 13.8. The third kappa shape index (κ3) is 11.9. The van der Waals surface area contributed by atoms with Crippen molar-refractivity contribution in [1.82, 2.24) is 16.0 Å². The molecule has 8 N–H and O–H groups in total. The number of carbonyl (C=O) groups is 5. The average Bonchev–Trinajstić information content (AvgIpc) is 2.93. The lowest BCUT2D eigenvalue weighted by atomic mass is 10.0. The van der Waals surface area contributed by atoms with Crippen LogP contribution in [0.4, 0.5) is 0 Å². The van der Waals surface area contributed by atoms with Crippen LogP contribution < -0.4 is 27.4 Å². The van der Waals surface area contributed by atoms with Crippen molar-refractivity contribution in [3.05, 3.63) is 64.7 Å². The fourth-order valence-corrected chi connectivity index (χ4v) is 3.95. The van der Waals surface area contributed by atoms with Gasteiger partial charge in [0.1, 0.15) is 24.4 Å². The van der Waals surface area contributed by atoms with Gasteiger partial charge in [0.05, 0.1) is 12.1 Å². The van der Waals surface area contributed by atoms with Crippen LogP contribution in [-0.2, 0) is 41.6 Å². The van der Waals surface area contributed by atoms with Crippen molar-refractivity contribution in [3.63, 3.8) is 0 Å². The van der Waals surface area contributed by atoms with E-state index in [4.69, 9.17) is 27.8 Å². The molecule has 13 heteroatoms. The first-order valence-electron chi connectivity index (χ1n) is 13.4. The minimum Gasteiger partial charge on any atom is -0.508 e. The molecule has 0 fully saturated rings. The highest BCUT2D eigenvalue weighted by atomic mass is 35.5. The number of esters is 2. The fraction of sp³-hybridized carbons (Fsp3) is 0.414. The van der Waals surface area contributed by atoms with Crippen molar-refractivity contribution in [3.8, 4) is 5.75 Å². The molecule has 42 heavy (non-hydrogen) atoms. The number of nitrogens with one attached hydrogen (secondary N) is 3. The van der Waals surface area contributed by atoms with E-state index in [1.165, 1.54) is 19.1 Å². The second-order valence-corrected chi connectivity index (χ2v) is 10.8. The zero-order valence-corrected chi connectivity index (χ0v) is 24.5. The highest BCUT2D eigenvalue weighted by Crippen LogP contribution is 2.13. The number of ether oxygens (including phenoxy) is 1. The van der Waals surface area contributed by atoms with Crippen LogP contribution >= 0.6 is 11.6 Å². The van der Waals surface area contributed by atoms with E-state index in [1.54, 1.807) is 36.4 Å². The molecule has 12 nitrogen and oxygen atoms in total. The molecule has 3 amide bonds. The van der Waals surface area contributed by atoms with Crippen molar-refractivity contribution >= 4 is 41.3 Å².